The van der Waals surface area contributed by atoms with Gasteiger partial charge < -0.3 is 5.32 Å². The summed E-state index contributed by atoms with van der Waals surface area (Å²) in [5, 5.41) is 11.7. The van der Waals surface area contributed by atoms with Crippen molar-refractivity contribution >= 4 is 11.8 Å². The molecule has 80 valence electrons. The molecule has 3 heteroatoms. The second kappa shape index (κ2) is 6.49. The summed E-state index contributed by atoms with van der Waals surface area (Å²) < 4.78 is 0. The zero-order chi connectivity index (χ0) is 11.1. The minimum atomic E-state index is -0.0426. The molecule has 0 radical (unpaired) electrons. The zero-order valence-corrected chi connectivity index (χ0v) is 9.97. The highest BCUT2D eigenvalue weighted by Crippen LogP contribution is 2.16. The quantitative estimate of drug-likeness (QED) is 0.827. The fourth-order valence-electron chi connectivity index (χ4n) is 1.24. The molecule has 1 aromatic carbocycles. The number of benzene rings is 1. The smallest absolute Gasteiger partial charge is 0.104 e. The van der Waals surface area contributed by atoms with Gasteiger partial charge in [0.05, 0.1) is 6.07 Å². The first-order chi connectivity index (χ1) is 7.27. The van der Waals surface area contributed by atoms with Crippen molar-refractivity contribution in [3.05, 3.63) is 35.4 Å². The maximum atomic E-state index is 8.75. The summed E-state index contributed by atoms with van der Waals surface area (Å²) in [6, 6.07) is 10.5. The van der Waals surface area contributed by atoms with Crippen LogP contribution < -0.4 is 5.32 Å². The number of nitrogens with zero attached hydrogens (tertiary/aromatic N) is 1. The van der Waals surface area contributed by atoms with E-state index in [1.807, 2.05) is 7.05 Å². The van der Waals surface area contributed by atoms with Gasteiger partial charge in [-0.1, -0.05) is 24.3 Å². The predicted octanol–water partition coefficient (Wildman–Crippen LogP) is 2.34. The molecule has 1 N–H and O–H groups in total. The highest BCUT2D eigenvalue weighted by molar-refractivity contribution is 7.98. The predicted molar refractivity (Wildman–Crippen MR) is 65.8 cm³/mol. The summed E-state index contributed by atoms with van der Waals surface area (Å²) in [4.78, 5) is 0. The Morgan fingerprint density at radius 2 is 2.20 bits per heavy atom. The molecule has 0 aliphatic heterocycles. The number of nitriles is 1. The topological polar surface area (TPSA) is 35.8 Å². The molecule has 15 heavy (non-hydrogen) atoms. The van der Waals surface area contributed by atoms with Gasteiger partial charge in [-0.25, -0.2) is 0 Å². The van der Waals surface area contributed by atoms with Crippen LogP contribution in [0.3, 0.4) is 0 Å². The van der Waals surface area contributed by atoms with E-state index in [0.717, 1.165) is 11.5 Å². The van der Waals surface area contributed by atoms with E-state index in [-0.39, 0.29) is 6.04 Å². The second-order valence-electron chi connectivity index (χ2n) is 3.41. The lowest BCUT2D eigenvalue weighted by atomic mass is 10.1. The average molecular weight is 220 g/mol. The third-order valence-electron chi connectivity index (χ3n) is 2.31. The number of hydrogen-bond acceptors (Lipinski definition) is 3. The van der Waals surface area contributed by atoms with Crippen molar-refractivity contribution in [1.29, 1.82) is 5.26 Å². The van der Waals surface area contributed by atoms with Crippen LogP contribution in [0.4, 0.5) is 0 Å². The fourth-order valence-corrected chi connectivity index (χ4v) is 2.38. The van der Waals surface area contributed by atoms with Crippen molar-refractivity contribution in [2.24, 2.45) is 0 Å². The molecule has 1 aromatic rings. The normalized spacial score (nSPS) is 12.1. The van der Waals surface area contributed by atoms with Gasteiger partial charge >= 0.3 is 0 Å². The lowest BCUT2D eigenvalue weighted by molar-refractivity contribution is 0.750. The van der Waals surface area contributed by atoms with E-state index in [0.29, 0.717) is 0 Å². The van der Waals surface area contributed by atoms with Crippen molar-refractivity contribution in [3.8, 4) is 6.07 Å². The average Bonchev–Trinajstić information content (AvgIpc) is 2.27. The first-order valence-electron chi connectivity index (χ1n) is 4.97. The van der Waals surface area contributed by atoms with Crippen LogP contribution in [0.25, 0.3) is 0 Å². The number of nitrogens with one attached hydrogen (secondary N) is 1. The van der Waals surface area contributed by atoms with Crippen molar-refractivity contribution in [2.45, 2.75) is 18.7 Å². The third kappa shape index (κ3) is 3.94. The van der Waals surface area contributed by atoms with Crippen LogP contribution in [-0.4, -0.2) is 18.8 Å². The molecule has 0 aliphatic rings. The molecule has 0 saturated heterocycles. The lowest BCUT2D eigenvalue weighted by Gasteiger charge is -2.08. The largest absolute Gasteiger partial charge is 0.304 e. The number of aryl methyl sites for hydroxylation is 1. The highest BCUT2D eigenvalue weighted by atomic mass is 32.2. The molecular weight excluding hydrogens is 204 g/mol. The van der Waals surface area contributed by atoms with E-state index in [4.69, 9.17) is 5.26 Å². The first-order valence-corrected chi connectivity index (χ1v) is 6.12. The summed E-state index contributed by atoms with van der Waals surface area (Å²) in [5.74, 6) is 1.81. The van der Waals surface area contributed by atoms with Gasteiger partial charge in [-0.15, -0.1) is 0 Å². The van der Waals surface area contributed by atoms with E-state index in [1.165, 1.54) is 11.1 Å². The minimum Gasteiger partial charge on any atom is -0.304 e. The van der Waals surface area contributed by atoms with Crippen LogP contribution >= 0.6 is 11.8 Å². The zero-order valence-electron chi connectivity index (χ0n) is 9.16. The number of thioether (sulfide) groups is 1. The van der Waals surface area contributed by atoms with Gasteiger partial charge in [-0.3, -0.25) is 0 Å². The van der Waals surface area contributed by atoms with Crippen molar-refractivity contribution in [1.82, 2.24) is 5.32 Å². The molecule has 0 heterocycles. The molecule has 0 aromatic heterocycles. The van der Waals surface area contributed by atoms with E-state index in [1.54, 1.807) is 11.8 Å². The summed E-state index contributed by atoms with van der Waals surface area (Å²) >= 11 is 1.79. The van der Waals surface area contributed by atoms with Gasteiger partial charge in [0.1, 0.15) is 6.04 Å². The Balaban J connectivity index is 2.39. The first kappa shape index (κ1) is 12.1. The molecule has 0 fully saturated rings. The van der Waals surface area contributed by atoms with Crippen molar-refractivity contribution < 1.29 is 0 Å². The van der Waals surface area contributed by atoms with Gasteiger partial charge in [0.25, 0.3) is 0 Å². The summed E-state index contributed by atoms with van der Waals surface area (Å²) in [7, 11) is 1.82. The van der Waals surface area contributed by atoms with Crippen LogP contribution in [0.5, 0.6) is 0 Å². The molecule has 0 amide bonds. The van der Waals surface area contributed by atoms with Gasteiger partial charge in [0.15, 0.2) is 0 Å². The highest BCUT2D eigenvalue weighted by Gasteiger charge is 2.04. The van der Waals surface area contributed by atoms with Crippen molar-refractivity contribution in [3.63, 3.8) is 0 Å². The molecule has 0 bridgehead atoms. The Morgan fingerprint density at radius 3 is 2.80 bits per heavy atom. The molecule has 1 rings (SSSR count). The Hall–Kier alpha value is -0.980. The second-order valence-corrected chi connectivity index (χ2v) is 4.44. The number of hydrogen-bond donors (Lipinski definition) is 1. The standard InChI is InChI=1S/C12H16N2S/c1-10-5-3-4-6-11(10)8-15-9-12(7-13)14-2/h3-6,12,14H,8-9H2,1-2H3. The van der Waals surface area contributed by atoms with Gasteiger partial charge in [0.2, 0.25) is 0 Å². The van der Waals surface area contributed by atoms with Gasteiger partial charge in [-0.2, -0.15) is 17.0 Å². The van der Waals surface area contributed by atoms with E-state index >= 15 is 0 Å². The third-order valence-corrected chi connectivity index (χ3v) is 3.39. The fraction of sp³-hybridized carbons (Fsp3) is 0.417. The molecular formula is C12H16N2S. The monoisotopic (exact) mass is 220 g/mol. The molecule has 1 atom stereocenters. The molecule has 0 aliphatic carbocycles. The van der Waals surface area contributed by atoms with Gasteiger partial charge in [-0.05, 0) is 25.1 Å². The summed E-state index contributed by atoms with van der Waals surface area (Å²) in [5.41, 5.74) is 2.68. The van der Waals surface area contributed by atoms with Crippen molar-refractivity contribution in [2.75, 3.05) is 12.8 Å². The summed E-state index contributed by atoms with van der Waals surface area (Å²) in [6.07, 6.45) is 0. The van der Waals surface area contributed by atoms with E-state index in [2.05, 4.69) is 42.6 Å². The van der Waals surface area contributed by atoms with E-state index < -0.39 is 0 Å². The van der Waals surface area contributed by atoms with Crippen LogP contribution in [0.2, 0.25) is 0 Å². The number of rotatable bonds is 5. The lowest BCUT2D eigenvalue weighted by Crippen LogP contribution is -2.25. The van der Waals surface area contributed by atoms with Gasteiger partial charge in [0, 0.05) is 11.5 Å². The van der Waals surface area contributed by atoms with Crippen LogP contribution in [-0.2, 0) is 5.75 Å². The maximum Gasteiger partial charge on any atom is 0.104 e. The Labute approximate surface area is 95.7 Å². The minimum absolute atomic E-state index is 0.0426. The molecule has 2 nitrogen and oxygen atoms in total. The Bertz CT molecular complexity index is 344. The molecule has 0 spiro atoms. The Kier molecular flexibility index (Phi) is 5.23. The Morgan fingerprint density at radius 1 is 1.47 bits per heavy atom. The van der Waals surface area contributed by atoms with Crippen LogP contribution in [0.1, 0.15) is 11.1 Å². The maximum absolute atomic E-state index is 8.75. The summed E-state index contributed by atoms with van der Waals surface area (Å²) in [6.45, 7) is 2.12. The molecule has 0 saturated carbocycles. The van der Waals surface area contributed by atoms with E-state index in [9.17, 15) is 0 Å². The van der Waals surface area contributed by atoms with Crippen LogP contribution in [0, 0.1) is 18.3 Å². The molecule has 1 unspecified atom stereocenters. The van der Waals surface area contributed by atoms with Crippen LogP contribution in [0.15, 0.2) is 24.3 Å². The SMILES string of the molecule is CNC(C#N)CSCc1ccccc1C.